The van der Waals surface area contributed by atoms with E-state index >= 15 is 0 Å². The monoisotopic (exact) mass is 322 g/mol. The van der Waals surface area contributed by atoms with Crippen LogP contribution in [0.3, 0.4) is 0 Å². The Balaban J connectivity index is 1.45. The third kappa shape index (κ3) is 4.54. The fourth-order valence-corrected chi connectivity index (χ4v) is 4.12. The van der Waals surface area contributed by atoms with Crippen LogP contribution >= 0.6 is 11.3 Å². The molecule has 2 fully saturated rings. The Hall–Kier alpha value is -0.910. The van der Waals surface area contributed by atoms with Gasteiger partial charge in [-0.25, -0.2) is 0 Å². The first-order valence-corrected chi connectivity index (χ1v) is 9.29. The van der Waals surface area contributed by atoms with E-state index < -0.39 is 0 Å². The number of thiophene rings is 1. The Morgan fingerprint density at radius 3 is 2.86 bits per heavy atom. The second kappa shape index (κ2) is 8.09. The van der Waals surface area contributed by atoms with Gasteiger partial charge in [0, 0.05) is 37.6 Å². The predicted molar refractivity (Wildman–Crippen MR) is 89.2 cm³/mol. The van der Waals surface area contributed by atoms with Gasteiger partial charge in [-0.3, -0.25) is 9.69 Å². The summed E-state index contributed by atoms with van der Waals surface area (Å²) in [5, 5.41) is 2.05. The van der Waals surface area contributed by atoms with Gasteiger partial charge < -0.3 is 9.64 Å². The normalized spacial score (nSPS) is 24.2. The van der Waals surface area contributed by atoms with E-state index in [-0.39, 0.29) is 0 Å². The van der Waals surface area contributed by atoms with Crippen LogP contribution in [-0.4, -0.2) is 61.6 Å². The average molecular weight is 322 g/mol. The van der Waals surface area contributed by atoms with Gasteiger partial charge in [-0.05, 0) is 36.6 Å². The Bertz CT molecular complexity index is 457. The number of carbonyl (C=O) groups is 1. The second-order valence-electron chi connectivity index (χ2n) is 6.35. The molecule has 4 nitrogen and oxygen atoms in total. The topological polar surface area (TPSA) is 32.8 Å². The molecule has 2 saturated heterocycles. The van der Waals surface area contributed by atoms with Crippen molar-refractivity contribution >= 4 is 17.2 Å². The summed E-state index contributed by atoms with van der Waals surface area (Å²) in [4.78, 5) is 18.2. The van der Waals surface area contributed by atoms with Crippen molar-refractivity contribution < 1.29 is 9.53 Å². The molecule has 0 saturated carbocycles. The van der Waals surface area contributed by atoms with Gasteiger partial charge in [0.05, 0.1) is 19.6 Å². The highest BCUT2D eigenvalue weighted by Crippen LogP contribution is 2.20. The van der Waals surface area contributed by atoms with E-state index in [1.807, 2.05) is 11.4 Å². The summed E-state index contributed by atoms with van der Waals surface area (Å²) in [5.41, 5.74) is 0. The number of hydrogen-bond acceptors (Lipinski definition) is 4. The highest BCUT2D eigenvalue weighted by Gasteiger charge is 2.23. The van der Waals surface area contributed by atoms with Crippen LogP contribution in [-0.2, 0) is 16.0 Å². The number of morpholine rings is 1. The summed E-state index contributed by atoms with van der Waals surface area (Å²) in [6.07, 6.45) is 4.12. The molecule has 22 heavy (non-hydrogen) atoms. The number of ether oxygens (including phenoxy) is 1. The lowest BCUT2D eigenvalue weighted by atomic mass is 10.00. The summed E-state index contributed by atoms with van der Waals surface area (Å²) in [7, 11) is 0. The minimum absolute atomic E-state index is 0.300. The van der Waals surface area contributed by atoms with E-state index in [1.165, 1.54) is 17.8 Å². The molecule has 1 amide bonds. The predicted octanol–water partition coefficient (Wildman–Crippen LogP) is 2.25. The van der Waals surface area contributed by atoms with E-state index in [9.17, 15) is 4.79 Å². The molecule has 122 valence electrons. The maximum absolute atomic E-state index is 12.4. The first-order valence-electron chi connectivity index (χ1n) is 8.41. The summed E-state index contributed by atoms with van der Waals surface area (Å²) >= 11 is 1.68. The van der Waals surface area contributed by atoms with Crippen molar-refractivity contribution in [3.63, 3.8) is 0 Å². The molecule has 5 heteroatoms. The molecule has 0 aliphatic carbocycles. The Kier molecular flexibility index (Phi) is 5.87. The number of amides is 1. The van der Waals surface area contributed by atoms with Gasteiger partial charge in [-0.2, -0.15) is 0 Å². The maximum Gasteiger partial charge on any atom is 0.227 e. The minimum Gasteiger partial charge on any atom is -0.379 e. The SMILES string of the molecule is O=C(Cc1cccs1)N1CCCC(CN2CCOCC2)CC1. The lowest BCUT2D eigenvalue weighted by Crippen LogP contribution is -2.39. The first kappa shape index (κ1) is 16.0. The zero-order chi connectivity index (χ0) is 15.2. The number of hydrogen-bond donors (Lipinski definition) is 0. The number of carbonyl (C=O) groups excluding carboxylic acids is 1. The van der Waals surface area contributed by atoms with Gasteiger partial charge in [0.25, 0.3) is 0 Å². The van der Waals surface area contributed by atoms with E-state index in [0.717, 1.165) is 58.2 Å². The van der Waals surface area contributed by atoms with E-state index in [4.69, 9.17) is 4.74 Å². The van der Waals surface area contributed by atoms with Crippen molar-refractivity contribution in [2.45, 2.75) is 25.7 Å². The van der Waals surface area contributed by atoms with Crippen molar-refractivity contribution in [1.29, 1.82) is 0 Å². The highest BCUT2D eigenvalue weighted by atomic mass is 32.1. The molecular weight excluding hydrogens is 296 g/mol. The number of rotatable bonds is 4. The number of likely N-dealkylation sites (tertiary alicyclic amines) is 1. The van der Waals surface area contributed by atoms with Crippen LogP contribution in [0.1, 0.15) is 24.1 Å². The lowest BCUT2D eigenvalue weighted by Gasteiger charge is -2.30. The quantitative estimate of drug-likeness (QED) is 0.852. The molecule has 0 N–H and O–H groups in total. The second-order valence-corrected chi connectivity index (χ2v) is 7.38. The molecule has 0 aromatic carbocycles. The van der Waals surface area contributed by atoms with Crippen molar-refractivity contribution in [2.75, 3.05) is 45.9 Å². The van der Waals surface area contributed by atoms with Crippen LogP contribution in [0.4, 0.5) is 0 Å². The Morgan fingerprint density at radius 1 is 1.23 bits per heavy atom. The molecule has 1 aromatic rings. The van der Waals surface area contributed by atoms with Gasteiger partial charge in [0.15, 0.2) is 0 Å². The zero-order valence-corrected chi connectivity index (χ0v) is 14.0. The van der Waals surface area contributed by atoms with E-state index in [0.29, 0.717) is 12.3 Å². The highest BCUT2D eigenvalue weighted by molar-refractivity contribution is 7.10. The van der Waals surface area contributed by atoms with Crippen LogP contribution in [0.5, 0.6) is 0 Å². The van der Waals surface area contributed by atoms with Crippen LogP contribution in [0, 0.1) is 5.92 Å². The van der Waals surface area contributed by atoms with Crippen LogP contribution in [0.2, 0.25) is 0 Å². The minimum atomic E-state index is 0.300. The summed E-state index contributed by atoms with van der Waals surface area (Å²) in [6, 6.07) is 4.08. The zero-order valence-electron chi connectivity index (χ0n) is 13.2. The summed E-state index contributed by atoms with van der Waals surface area (Å²) in [5.74, 6) is 1.03. The maximum atomic E-state index is 12.4. The average Bonchev–Trinajstić information content (AvgIpc) is 2.93. The van der Waals surface area contributed by atoms with Crippen molar-refractivity contribution in [1.82, 2.24) is 9.80 Å². The van der Waals surface area contributed by atoms with Gasteiger partial charge >= 0.3 is 0 Å². The van der Waals surface area contributed by atoms with Crippen molar-refractivity contribution in [3.8, 4) is 0 Å². The molecule has 3 rings (SSSR count). The molecule has 2 aliphatic rings. The molecule has 1 atom stereocenters. The van der Waals surface area contributed by atoms with Crippen molar-refractivity contribution in [2.24, 2.45) is 5.92 Å². The molecule has 1 aromatic heterocycles. The van der Waals surface area contributed by atoms with E-state index in [1.54, 1.807) is 11.3 Å². The Labute approximate surface area is 137 Å². The lowest BCUT2D eigenvalue weighted by molar-refractivity contribution is -0.130. The number of nitrogens with zero attached hydrogens (tertiary/aromatic N) is 2. The van der Waals surface area contributed by atoms with Crippen molar-refractivity contribution in [3.05, 3.63) is 22.4 Å². The molecular formula is C17H26N2O2S. The molecule has 2 aliphatic heterocycles. The van der Waals surface area contributed by atoms with Crippen LogP contribution < -0.4 is 0 Å². The molecule has 0 bridgehead atoms. The first-order chi connectivity index (χ1) is 10.8. The smallest absolute Gasteiger partial charge is 0.227 e. The standard InChI is InChI=1S/C17H26N2O2S/c20-17(13-16-4-2-12-22-16)19-6-1-3-15(5-7-19)14-18-8-10-21-11-9-18/h2,4,12,15H,1,3,5-11,13-14H2. The molecule has 1 unspecified atom stereocenters. The molecule has 0 spiro atoms. The fraction of sp³-hybridized carbons (Fsp3) is 0.706. The molecule has 3 heterocycles. The van der Waals surface area contributed by atoms with Crippen LogP contribution in [0.15, 0.2) is 17.5 Å². The third-order valence-electron chi connectivity index (χ3n) is 4.73. The largest absolute Gasteiger partial charge is 0.379 e. The van der Waals surface area contributed by atoms with Crippen LogP contribution in [0.25, 0.3) is 0 Å². The Morgan fingerprint density at radius 2 is 2.09 bits per heavy atom. The summed E-state index contributed by atoms with van der Waals surface area (Å²) < 4.78 is 5.42. The molecule has 0 radical (unpaired) electrons. The summed E-state index contributed by atoms with van der Waals surface area (Å²) in [6.45, 7) is 6.92. The van der Waals surface area contributed by atoms with Gasteiger partial charge in [0.1, 0.15) is 0 Å². The van der Waals surface area contributed by atoms with Gasteiger partial charge in [-0.1, -0.05) is 6.07 Å². The fourth-order valence-electron chi connectivity index (χ4n) is 3.42. The van der Waals surface area contributed by atoms with Gasteiger partial charge in [-0.15, -0.1) is 11.3 Å². The third-order valence-corrected chi connectivity index (χ3v) is 5.60. The van der Waals surface area contributed by atoms with E-state index in [2.05, 4.69) is 15.9 Å². The van der Waals surface area contributed by atoms with Gasteiger partial charge in [0.2, 0.25) is 5.91 Å².